The summed E-state index contributed by atoms with van der Waals surface area (Å²) < 4.78 is 13.4. The van der Waals surface area contributed by atoms with Crippen LogP contribution in [0.1, 0.15) is 29.6 Å². The van der Waals surface area contributed by atoms with Crippen LogP contribution in [-0.2, 0) is 0 Å². The molecule has 1 amide bonds. The Kier molecular flexibility index (Phi) is 5.94. The molecule has 0 saturated heterocycles. The maximum Gasteiger partial charge on any atom is 0.255 e. The molecule has 1 aromatic rings. The Balaban J connectivity index is 2.47. The molecule has 0 fully saturated rings. The van der Waals surface area contributed by atoms with Crippen LogP contribution < -0.4 is 5.32 Å². The van der Waals surface area contributed by atoms with Gasteiger partial charge in [-0.15, -0.1) is 0 Å². The summed E-state index contributed by atoms with van der Waals surface area (Å²) in [6.07, 6.45) is 2.27. The lowest BCUT2D eigenvalue weighted by Gasteiger charge is -2.07. The molecule has 0 unspecified atom stereocenters. The van der Waals surface area contributed by atoms with E-state index < -0.39 is 11.7 Å². The Labute approximate surface area is 105 Å². The van der Waals surface area contributed by atoms with Crippen LogP contribution in [0.4, 0.5) is 4.39 Å². The third kappa shape index (κ3) is 4.32. The Morgan fingerprint density at radius 2 is 2.12 bits per heavy atom. The predicted molar refractivity (Wildman–Crippen MR) is 64.7 cm³/mol. The number of benzene rings is 1. The van der Waals surface area contributed by atoms with E-state index in [0.29, 0.717) is 13.0 Å². The Hall–Kier alpha value is -1.13. The zero-order valence-corrected chi connectivity index (χ0v) is 10.1. The van der Waals surface area contributed by atoms with Crippen LogP contribution in [0.15, 0.2) is 18.2 Å². The molecule has 1 aromatic carbocycles. The van der Waals surface area contributed by atoms with Gasteiger partial charge in [0.2, 0.25) is 0 Å². The van der Waals surface area contributed by atoms with Crippen molar-refractivity contribution in [2.75, 3.05) is 13.2 Å². The van der Waals surface area contributed by atoms with Crippen molar-refractivity contribution in [1.82, 2.24) is 5.32 Å². The molecular weight excluding hydrogens is 245 g/mol. The largest absolute Gasteiger partial charge is 0.396 e. The van der Waals surface area contributed by atoms with Gasteiger partial charge in [0.1, 0.15) is 5.82 Å². The molecular formula is C12H15ClFNO2. The number of aliphatic hydroxyl groups excluding tert-OH is 1. The first-order valence-corrected chi connectivity index (χ1v) is 5.87. The van der Waals surface area contributed by atoms with Gasteiger partial charge in [-0.3, -0.25) is 4.79 Å². The molecule has 3 nitrogen and oxygen atoms in total. The number of unbranched alkanes of at least 4 members (excludes halogenated alkanes) is 2. The monoisotopic (exact) mass is 259 g/mol. The maximum absolute atomic E-state index is 13.4. The number of amides is 1. The average molecular weight is 260 g/mol. The Morgan fingerprint density at radius 3 is 2.76 bits per heavy atom. The van der Waals surface area contributed by atoms with Crippen molar-refractivity contribution >= 4 is 17.5 Å². The van der Waals surface area contributed by atoms with Crippen LogP contribution >= 0.6 is 11.6 Å². The molecule has 0 atom stereocenters. The van der Waals surface area contributed by atoms with E-state index in [0.717, 1.165) is 12.8 Å². The Bertz CT molecular complexity index is 365. The number of hydrogen-bond acceptors (Lipinski definition) is 2. The highest BCUT2D eigenvalue weighted by atomic mass is 35.5. The summed E-state index contributed by atoms with van der Waals surface area (Å²) in [7, 11) is 0. The number of carbonyl (C=O) groups is 1. The molecule has 0 bridgehead atoms. The van der Waals surface area contributed by atoms with Gasteiger partial charge in [-0.25, -0.2) is 4.39 Å². The number of aliphatic hydroxyl groups is 1. The SMILES string of the molecule is O=C(NCCCCCO)c1c(F)cccc1Cl. The van der Waals surface area contributed by atoms with Gasteiger partial charge in [-0.2, -0.15) is 0 Å². The van der Waals surface area contributed by atoms with Gasteiger partial charge in [0, 0.05) is 13.2 Å². The number of rotatable bonds is 6. The number of halogens is 2. The highest BCUT2D eigenvalue weighted by Gasteiger charge is 2.14. The van der Waals surface area contributed by atoms with Crippen LogP contribution in [0.25, 0.3) is 0 Å². The normalized spacial score (nSPS) is 10.3. The molecule has 0 aliphatic rings. The summed E-state index contributed by atoms with van der Waals surface area (Å²) in [5.74, 6) is -1.12. The fourth-order valence-corrected chi connectivity index (χ4v) is 1.67. The molecule has 0 aromatic heterocycles. The lowest BCUT2D eigenvalue weighted by molar-refractivity contribution is 0.0949. The molecule has 17 heavy (non-hydrogen) atoms. The molecule has 1 rings (SSSR count). The molecule has 0 spiro atoms. The summed E-state index contributed by atoms with van der Waals surface area (Å²) in [6, 6.07) is 4.13. The molecule has 0 radical (unpaired) electrons. The fraction of sp³-hybridized carbons (Fsp3) is 0.417. The fourth-order valence-electron chi connectivity index (χ4n) is 1.42. The van der Waals surface area contributed by atoms with Crippen LogP contribution in [0.3, 0.4) is 0 Å². The quantitative estimate of drug-likeness (QED) is 0.771. The molecule has 2 N–H and O–H groups in total. The van der Waals surface area contributed by atoms with Gasteiger partial charge in [0.05, 0.1) is 10.6 Å². The minimum Gasteiger partial charge on any atom is -0.396 e. The second kappa shape index (κ2) is 7.25. The van der Waals surface area contributed by atoms with E-state index in [9.17, 15) is 9.18 Å². The zero-order chi connectivity index (χ0) is 12.7. The molecule has 0 aliphatic heterocycles. The van der Waals surface area contributed by atoms with E-state index in [-0.39, 0.29) is 17.2 Å². The van der Waals surface area contributed by atoms with Gasteiger partial charge < -0.3 is 10.4 Å². The highest BCUT2D eigenvalue weighted by molar-refractivity contribution is 6.33. The van der Waals surface area contributed by atoms with Gasteiger partial charge >= 0.3 is 0 Å². The third-order valence-electron chi connectivity index (χ3n) is 2.31. The summed E-state index contributed by atoms with van der Waals surface area (Å²) >= 11 is 5.75. The number of nitrogens with one attached hydrogen (secondary N) is 1. The van der Waals surface area contributed by atoms with E-state index in [1.165, 1.54) is 18.2 Å². The van der Waals surface area contributed by atoms with E-state index in [1.54, 1.807) is 0 Å². The van der Waals surface area contributed by atoms with Crippen LogP contribution in [-0.4, -0.2) is 24.2 Å². The topological polar surface area (TPSA) is 49.3 Å². The minimum absolute atomic E-state index is 0.109. The van der Waals surface area contributed by atoms with E-state index in [2.05, 4.69) is 5.32 Å². The van der Waals surface area contributed by atoms with Crippen molar-refractivity contribution in [3.05, 3.63) is 34.6 Å². The Morgan fingerprint density at radius 1 is 1.35 bits per heavy atom. The molecule has 0 saturated carbocycles. The molecule has 94 valence electrons. The van der Waals surface area contributed by atoms with Crippen molar-refractivity contribution in [1.29, 1.82) is 0 Å². The van der Waals surface area contributed by atoms with Crippen molar-refractivity contribution < 1.29 is 14.3 Å². The van der Waals surface area contributed by atoms with Crippen LogP contribution in [0.2, 0.25) is 5.02 Å². The van der Waals surface area contributed by atoms with Crippen molar-refractivity contribution in [2.45, 2.75) is 19.3 Å². The van der Waals surface area contributed by atoms with Crippen molar-refractivity contribution in [3.8, 4) is 0 Å². The first-order chi connectivity index (χ1) is 8.16. The highest BCUT2D eigenvalue weighted by Crippen LogP contribution is 2.18. The third-order valence-corrected chi connectivity index (χ3v) is 2.63. The van der Waals surface area contributed by atoms with Gasteiger partial charge in [0.25, 0.3) is 5.91 Å². The second-order valence-electron chi connectivity index (χ2n) is 3.64. The summed E-state index contributed by atoms with van der Waals surface area (Å²) in [5.41, 5.74) is -0.115. The zero-order valence-electron chi connectivity index (χ0n) is 9.38. The predicted octanol–water partition coefficient (Wildman–Crippen LogP) is 2.37. The first kappa shape index (κ1) is 13.9. The maximum atomic E-state index is 13.4. The lowest BCUT2D eigenvalue weighted by Crippen LogP contribution is -2.25. The minimum atomic E-state index is -0.620. The standard InChI is InChI=1S/C12H15ClFNO2/c13-9-5-4-6-10(14)11(9)12(17)15-7-2-1-3-8-16/h4-6,16H,1-3,7-8H2,(H,15,17). The summed E-state index contributed by atoms with van der Waals surface area (Å²) in [6.45, 7) is 0.594. The number of carbonyl (C=O) groups excluding carboxylic acids is 1. The first-order valence-electron chi connectivity index (χ1n) is 5.50. The average Bonchev–Trinajstić information content (AvgIpc) is 2.28. The lowest BCUT2D eigenvalue weighted by atomic mass is 10.2. The van der Waals surface area contributed by atoms with Gasteiger partial charge in [-0.05, 0) is 31.4 Å². The van der Waals surface area contributed by atoms with Crippen molar-refractivity contribution in [3.63, 3.8) is 0 Å². The van der Waals surface area contributed by atoms with Gasteiger partial charge in [-0.1, -0.05) is 17.7 Å². The summed E-state index contributed by atoms with van der Waals surface area (Å²) in [5, 5.41) is 11.3. The van der Waals surface area contributed by atoms with Gasteiger partial charge in [0.15, 0.2) is 0 Å². The summed E-state index contributed by atoms with van der Waals surface area (Å²) in [4.78, 5) is 11.6. The molecule has 0 heterocycles. The molecule has 0 aliphatic carbocycles. The van der Waals surface area contributed by atoms with E-state index in [4.69, 9.17) is 16.7 Å². The van der Waals surface area contributed by atoms with Crippen molar-refractivity contribution in [2.24, 2.45) is 0 Å². The van der Waals surface area contributed by atoms with E-state index in [1.807, 2.05) is 0 Å². The van der Waals surface area contributed by atoms with Crippen LogP contribution in [0, 0.1) is 5.82 Å². The van der Waals surface area contributed by atoms with Crippen LogP contribution in [0.5, 0.6) is 0 Å². The second-order valence-corrected chi connectivity index (χ2v) is 4.04. The van der Waals surface area contributed by atoms with E-state index >= 15 is 0 Å². The molecule has 5 heteroatoms. The number of hydrogen-bond donors (Lipinski definition) is 2. The smallest absolute Gasteiger partial charge is 0.255 e.